The van der Waals surface area contributed by atoms with E-state index < -0.39 is 11.7 Å². The van der Waals surface area contributed by atoms with Crippen molar-refractivity contribution in [2.24, 2.45) is 21.5 Å². The van der Waals surface area contributed by atoms with Crippen molar-refractivity contribution >= 4 is 22.5 Å². The largest absolute Gasteiger partial charge is 0.416 e. The van der Waals surface area contributed by atoms with Crippen LogP contribution in [0.25, 0.3) is 0 Å². The molecule has 5 nitrogen and oxygen atoms in total. The van der Waals surface area contributed by atoms with Crippen LogP contribution < -0.4 is 5.56 Å². The maximum absolute atomic E-state index is 12.8. The van der Waals surface area contributed by atoms with Crippen LogP contribution in [0.3, 0.4) is 0 Å². The lowest BCUT2D eigenvalue weighted by atomic mass is 9.97. The first-order valence-electron chi connectivity index (χ1n) is 11.6. The topological polar surface area (TPSA) is 60.8 Å². The fourth-order valence-corrected chi connectivity index (χ4v) is 6.18. The Kier molecular flexibility index (Phi) is 6.18. The van der Waals surface area contributed by atoms with Crippen LogP contribution in [-0.2, 0) is 6.18 Å². The Morgan fingerprint density at radius 2 is 1.97 bits per heavy atom. The van der Waals surface area contributed by atoms with Crippen LogP contribution in [0.2, 0.25) is 0 Å². The van der Waals surface area contributed by atoms with Crippen molar-refractivity contribution in [2.75, 3.05) is 25.4 Å². The zero-order valence-corrected chi connectivity index (χ0v) is 19.8. The summed E-state index contributed by atoms with van der Waals surface area (Å²) >= 11 is 1.74. The summed E-state index contributed by atoms with van der Waals surface area (Å²) in [4.78, 5) is 16.5. The Bertz CT molecular complexity index is 1150. The first-order chi connectivity index (χ1) is 16.2. The number of benzene rings is 1. The van der Waals surface area contributed by atoms with E-state index >= 15 is 0 Å². The third-order valence-electron chi connectivity index (χ3n) is 7.28. The molecule has 2 fully saturated rings. The van der Waals surface area contributed by atoms with Crippen molar-refractivity contribution in [1.82, 2.24) is 9.88 Å². The van der Waals surface area contributed by atoms with Gasteiger partial charge in [-0.25, -0.2) is 0 Å². The van der Waals surface area contributed by atoms with Crippen molar-refractivity contribution in [3.8, 4) is 0 Å². The molecule has 1 aliphatic carbocycles. The average molecular weight is 489 g/mol. The van der Waals surface area contributed by atoms with Crippen molar-refractivity contribution < 1.29 is 13.2 Å². The van der Waals surface area contributed by atoms with Gasteiger partial charge < -0.3 is 9.88 Å². The van der Waals surface area contributed by atoms with Gasteiger partial charge in [0, 0.05) is 30.1 Å². The average Bonchev–Trinajstić information content (AvgIpc) is 3.16. The number of aromatic nitrogens is 1. The second-order valence-corrected chi connectivity index (χ2v) is 10.7. The van der Waals surface area contributed by atoms with Gasteiger partial charge in [-0.15, -0.1) is 16.9 Å². The van der Waals surface area contributed by atoms with Gasteiger partial charge >= 0.3 is 6.18 Å². The summed E-state index contributed by atoms with van der Waals surface area (Å²) in [5.74, 6) is 1.46. The molecule has 3 heterocycles. The zero-order chi connectivity index (χ0) is 23.9. The van der Waals surface area contributed by atoms with E-state index in [1.54, 1.807) is 36.2 Å². The van der Waals surface area contributed by atoms with Gasteiger partial charge in [-0.1, -0.05) is 19.1 Å². The van der Waals surface area contributed by atoms with E-state index in [1.807, 2.05) is 0 Å². The molecule has 180 valence electrons. The molecule has 34 heavy (non-hydrogen) atoms. The molecule has 3 aliphatic rings. The molecule has 0 radical (unpaired) electrons. The lowest BCUT2D eigenvalue weighted by Crippen LogP contribution is -2.23. The predicted molar refractivity (Wildman–Crippen MR) is 130 cm³/mol. The Hall–Kier alpha value is -2.39. The lowest BCUT2D eigenvalue weighted by Gasteiger charge is -2.16. The van der Waals surface area contributed by atoms with E-state index in [0.29, 0.717) is 5.92 Å². The van der Waals surface area contributed by atoms with Gasteiger partial charge in [0.15, 0.2) is 0 Å². The van der Waals surface area contributed by atoms with E-state index in [9.17, 15) is 18.0 Å². The monoisotopic (exact) mass is 488 g/mol. The van der Waals surface area contributed by atoms with Crippen molar-refractivity contribution in [3.63, 3.8) is 0 Å². The molecule has 2 aromatic rings. The summed E-state index contributed by atoms with van der Waals surface area (Å²) in [6.45, 7) is 5.18. The van der Waals surface area contributed by atoms with E-state index in [2.05, 4.69) is 27.0 Å². The van der Waals surface area contributed by atoms with Crippen LogP contribution in [0.1, 0.15) is 48.8 Å². The maximum atomic E-state index is 12.8. The first kappa shape index (κ1) is 23.4. The van der Waals surface area contributed by atoms with Crippen LogP contribution in [0.15, 0.2) is 57.6 Å². The molecule has 3 unspecified atom stereocenters. The highest BCUT2D eigenvalue weighted by Gasteiger charge is 2.57. The third-order valence-corrected chi connectivity index (χ3v) is 8.50. The van der Waals surface area contributed by atoms with Gasteiger partial charge in [0.2, 0.25) is 5.56 Å². The Labute approximate surface area is 200 Å². The number of aromatic amines is 1. The van der Waals surface area contributed by atoms with Gasteiger partial charge in [0.1, 0.15) is 5.04 Å². The minimum atomic E-state index is -4.28. The minimum absolute atomic E-state index is 0.113. The predicted octanol–water partition coefficient (Wildman–Crippen LogP) is 5.15. The molecule has 1 N–H and O–H groups in total. The number of thioether (sulfide) groups is 1. The van der Waals surface area contributed by atoms with Crippen LogP contribution >= 0.6 is 11.8 Å². The quantitative estimate of drug-likeness (QED) is 0.572. The fraction of sp³-hybridized carbons (Fsp3) is 0.480. The highest BCUT2D eigenvalue weighted by Crippen LogP contribution is 2.64. The fourth-order valence-electron chi connectivity index (χ4n) is 5.24. The zero-order valence-electron chi connectivity index (χ0n) is 18.9. The molecule has 5 rings (SSSR count). The van der Waals surface area contributed by atoms with E-state index in [0.717, 1.165) is 66.5 Å². The minimum Gasteiger partial charge on any atom is -0.328 e. The highest BCUT2D eigenvalue weighted by molar-refractivity contribution is 8.14. The molecule has 0 bridgehead atoms. The normalized spacial score (nSPS) is 26.7. The summed E-state index contributed by atoms with van der Waals surface area (Å²) in [6.07, 6.45) is 0.638. The Balaban J connectivity index is 1.05. The number of pyridine rings is 1. The van der Waals surface area contributed by atoms with Crippen LogP contribution in [0, 0.1) is 11.3 Å². The molecule has 1 aromatic carbocycles. The molecule has 9 heteroatoms. The molecule has 1 aromatic heterocycles. The van der Waals surface area contributed by atoms with E-state index in [4.69, 9.17) is 0 Å². The summed E-state index contributed by atoms with van der Waals surface area (Å²) in [7, 11) is 0. The Morgan fingerprint density at radius 3 is 2.68 bits per heavy atom. The molecule has 0 amide bonds. The van der Waals surface area contributed by atoms with E-state index in [-0.39, 0.29) is 16.9 Å². The summed E-state index contributed by atoms with van der Waals surface area (Å²) < 4.78 is 38.5. The van der Waals surface area contributed by atoms with Crippen LogP contribution in [0.4, 0.5) is 13.2 Å². The van der Waals surface area contributed by atoms with Crippen molar-refractivity contribution in [3.05, 3.63) is 69.6 Å². The number of rotatable bonds is 6. The molecule has 1 saturated heterocycles. The molecular formula is C25H27F3N4OS. The number of hydrogen-bond donors (Lipinski definition) is 1. The standard InChI is InChI=1S/C25H27F3N4OS/c1-16-22(18-5-8-21(33)29-14-18)30-31-23(16)34-12-2-10-32-11-9-24(15-32)13-20(24)17-3-6-19(7-4-17)25(26,27)28/h3-8,14,16,20H,2,9-13,15H2,1H3,(H,29,33). The second kappa shape index (κ2) is 9.00. The Morgan fingerprint density at radius 1 is 1.18 bits per heavy atom. The number of nitrogens with one attached hydrogen (secondary N) is 1. The summed E-state index contributed by atoms with van der Waals surface area (Å²) in [6, 6.07) is 9.02. The van der Waals surface area contributed by atoms with Crippen LogP contribution in [0.5, 0.6) is 0 Å². The van der Waals surface area contributed by atoms with Gasteiger partial charge in [0.05, 0.1) is 17.2 Å². The number of alkyl halides is 3. The van der Waals surface area contributed by atoms with Gasteiger partial charge in [-0.3, -0.25) is 4.79 Å². The lowest BCUT2D eigenvalue weighted by molar-refractivity contribution is -0.137. The smallest absolute Gasteiger partial charge is 0.328 e. The van der Waals surface area contributed by atoms with Gasteiger partial charge in [-0.05, 0) is 67.4 Å². The molecule has 2 aliphatic heterocycles. The van der Waals surface area contributed by atoms with Crippen LogP contribution in [-0.4, -0.2) is 46.0 Å². The van der Waals surface area contributed by atoms with E-state index in [1.165, 1.54) is 18.2 Å². The number of hydrogen-bond acceptors (Lipinski definition) is 5. The summed E-state index contributed by atoms with van der Waals surface area (Å²) in [5.41, 5.74) is 2.34. The molecule has 1 spiro atoms. The number of likely N-dealkylation sites (tertiary alicyclic amines) is 1. The molecular weight excluding hydrogens is 461 g/mol. The number of H-pyrrole nitrogens is 1. The second-order valence-electron chi connectivity index (χ2n) is 9.55. The first-order valence-corrected chi connectivity index (χ1v) is 12.6. The van der Waals surface area contributed by atoms with Crippen molar-refractivity contribution in [2.45, 2.75) is 38.3 Å². The van der Waals surface area contributed by atoms with Gasteiger partial charge in [0.25, 0.3) is 0 Å². The highest BCUT2D eigenvalue weighted by atomic mass is 32.2. The SMILES string of the molecule is CC1C(SCCCN2CCC3(CC3c3ccc(C(F)(F)F)cc3)C2)=NN=C1c1ccc(=O)[nH]c1. The molecule has 1 saturated carbocycles. The summed E-state index contributed by atoms with van der Waals surface area (Å²) in [5, 5.41) is 9.69. The van der Waals surface area contributed by atoms with Gasteiger partial charge in [-0.2, -0.15) is 18.3 Å². The number of nitrogens with zero attached hydrogens (tertiary/aromatic N) is 3. The maximum Gasteiger partial charge on any atom is 0.416 e. The third kappa shape index (κ3) is 4.73. The number of halogens is 3. The van der Waals surface area contributed by atoms with Crippen molar-refractivity contribution in [1.29, 1.82) is 0 Å². The molecule has 3 atom stereocenters.